The largest absolute Gasteiger partial charge is 0.334 e. The normalized spacial score (nSPS) is 22.9. The summed E-state index contributed by atoms with van der Waals surface area (Å²) in [7, 11) is 0. The number of benzene rings is 8. The van der Waals surface area contributed by atoms with Crippen molar-refractivity contribution in [2.24, 2.45) is 0 Å². The lowest BCUT2D eigenvalue weighted by atomic mass is 9.33. The molecule has 4 atom stereocenters. The highest BCUT2D eigenvalue weighted by Gasteiger charge is 2.60. The molecule has 87 heavy (non-hydrogen) atoms. The Balaban J connectivity index is 1.07. The predicted octanol–water partition coefficient (Wildman–Crippen LogP) is 20.0. The molecular weight excluding hydrogens is 1050 g/mol. The third kappa shape index (κ3) is 8.50. The van der Waals surface area contributed by atoms with Crippen LogP contribution in [-0.2, 0) is 32.5 Å². The van der Waals surface area contributed by atoms with E-state index in [2.05, 4.69) is 282 Å². The first kappa shape index (κ1) is 57.3. The van der Waals surface area contributed by atoms with E-state index in [-0.39, 0.29) is 50.3 Å². The van der Waals surface area contributed by atoms with Gasteiger partial charge < -0.3 is 19.6 Å². The van der Waals surface area contributed by atoms with Gasteiger partial charge in [0.15, 0.2) is 0 Å². The van der Waals surface area contributed by atoms with Crippen LogP contribution in [0.5, 0.6) is 0 Å². The van der Waals surface area contributed by atoms with Crippen LogP contribution in [-0.4, -0.2) is 17.8 Å². The molecule has 0 bridgehead atoms. The second kappa shape index (κ2) is 19.3. The quantitative estimate of drug-likeness (QED) is 0.161. The molecule has 14 rings (SSSR count). The molecule has 0 spiro atoms. The van der Waals surface area contributed by atoms with Crippen LogP contribution in [0.1, 0.15) is 201 Å². The smallest absolute Gasteiger partial charge is 0.252 e. The van der Waals surface area contributed by atoms with E-state index in [4.69, 9.17) is 0 Å². The average molecular weight is 1140 g/mol. The molecule has 8 aromatic carbocycles. The van der Waals surface area contributed by atoms with Crippen LogP contribution in [0.25, 0.3) is 11.1 Å². The van der Waals surface area contributed by atoms with E-state index < -0.39 is 0 Å². The highest BCUT2D eigenvalue weighted by Crippen LogP contribution is 2.64. The van der Waals surface area contributed by atoms with Gasteiger partial charge in [-0.2, -0.15) is 5.26 Å². The molecule has 0 radical (unpaired) electrons. The number of hydrogen-bond donors (Lipinski definition) is 0. The molecule has 2 saturated carbocycles. The first-order chi connectivity index (χ1) is 41.1. The number of rotatable bonds is 5. The Morgan fingerprint density at radius 1 is 0.379 bits per heavy atom. The van der Waals surface area contributed by atoms with Crippen LogP contribution in [0.15, 0.2) is 158 Å². The summed E-state index contributed by atoms with van der Waals surface area (Å²) >= 11 is 0. The van der Waals surface area contributed by atoms with Crippen LogP contribution < -0.4 is 36.0 Å². The fourth-order valence-electron chi connectivity index (χ4n) is 17.1. The van der Waals surface area contributed by atoms with E-state index in [9.17, 15) is 5.26 Å². The van der Waals surface area contributed by atoms with Crippen molar-refractivity contribution in [1.29, 1.82) is 5.26 Å². The number of nitrogens with zero attached hydrogens (tertiary/aromatic N) is 5. The van der Waals surface area contributed by atoms with Gasteiger partial charge in [0, 0.05) is 67.7 Å². The first-order valence-electron chi connectivity index (χ1n) is 32.8. The second-order valence-corrected chi connectivity index (χ2v) is 32.1. The zero-order valence-electron chi connectivity index (χ0n) is 55.0. The average Bonchev–Trinajstić information content (AvgIpc) is 1.69. The summed E-state index contributed by atoms with van der Waals surface area (Å²) in [4.78, 5) is 11.0. The molecule has 6 aliphatic rings. The summed E-state index contributed by atoms with van der Waals surface area (Å²) in [5, 5.41) is 9.71. The summed E-state index contributed by atoms with van der Waals surface area (Å²) in [5.41, 5.74) is 27.2. The maximum absolute atomic E-state index is 9.71. The summed E-state index contributed by atoms with van der Waals surface area (Å²) in [6.07, 6.45) is 9.35. The molecule has 2 aliphatic carbocycles. The molecule has 6 heteroatoms. The summed E-state index contributed by atoms with van der Waals surface area (Å²) < 4.78 is 0. The summed E-state index contributed by atoms with van der Waals surface area (Å²) in [5.74, 6) is 0. The minimum absolute atomic E-state index is 0.00819. The number of anilines is 10. The zero-order chi connectivity index (χ0) is 61.3. The van der Waals surface area contributed by atoms with Crippen LogP contribution >= 0.6 is 0 Å². The van der Waals surface area contributed by atoms with E-state index in [1.54, 1.807) is 0 Å². The SMILES string of the molecule is CC(C)(C)c1ccc(N2c3ccc(N4c5ccc(-c6ccc(C#N)cc6)cc5C5(C)CCCCC45C)cc3B3c4ccc(C(C)(C)C)cc4N(c4cccc(C(C)(C)C)c4)c4cc(N5c6ccc(C(C)(C)C)cc6C6(C)CCCCC56C)cc2c43)cc1. The van der Waals surface area contributed by atoms with E-state index in [1.165, 1.54) is 138 Å². The van der Waals surface area contributed by atoms with Crippen LogP contribution in [0.4, 0.5) is 56.9 Å². The van der Waals surface area contributed by atoms with Gasteiger partial charge in [-0.25, -0.2) is 0 Å². The number of nitriles is 1. The third-order valence-corrected chi connectivity index (χ3v) is 22.8. The van der Waals surface area contributed by atoms with Gasteiger partial charge in [0.05, 0.1) is 22.7 Å². The van der Waals surface area contributed by atoms with E-state index in [0.717, 1.165) is 31.2 Å². The van der Waals surface area contributed by atoms with Crippen molar-refractivity contribution in [3.05, 3.63) is 197 Å². The molecule has 8 aromatic rings. The van der Waals surface area contributed by atoms with Crippen molar-refractivity contribution >= 4 is 80.0 Å². The lowest BCUT2D eigenvalue weighted by molar-refractivity contribution is 0.195. The molecule has 2 fully saturated rings. The molecule has 0 N–H and O–H groups in total. The van der Waals surface area contributed by atoms with Gasteiger partial charge in [-0.05, 0) is 213 Å². The molecule has 0 saturated heterocycles. The van der Waals surface area contributed by atoms with Gasteiger partial charge in [0.2, 0.25) is 0 Å². The fourth-order valence-corrected chi connectivity index (χ4v) is 17.1. The van der Waals surface area contributed by atoms with Crippen LogP contribution in [0.2, 0.25) is 0 Å². The van der Waals surface area contributed by atoms with Crippen molar-refractivity contribution in [3.63, 3.8) is 0 Å². The van der Waals surface area contributed by atoms with Crippen molar-refractivity contribution in [1.82, 2.24) is 0 Å². The van der Waals surface area contributed by atoms with Crippen molar-refractivity contribution in [2.45, 2.75) is 206 Å². The molecular formula is C81H90BN5. The van der Waals surface area contributed by atoms with Crippen molar-refractivity contribution < 1.29 is 0 Å². The van der Waals surface area contributed by atoms with Gasteiger partial charge in [-0.3, -0.25) is 0 Å². The molecule has 4 heterocycles. The summed E-state index contributed by atoms with van der Waals surface area (Å²) in [6.45, 7) is 38.5. The Kier molecular flexibility index (Phi) is 12.7. The Bertz CT molecular complexity index is 4160. The fraction of sp³-hybridized carbons (Fsp3) is 0.395. The predicted molar refractivity (Wildman–Crippen MR) is 371 cm³/mol. The number of fused-ring (bicyclic) bond motifs is 10. The highest BCUT2D eigenvalue weighted by atomic mass is 15.3. The minimum atomic E-state index is -0.176. The van der Waals surface area contributed by atoms with E-state index in [0.29, 0.717) is 5.56 Å². The third-order valence-electron chi connectivity index (χ3n) is 22.8. The molecule has 0 aromatic heterocycles. The molecule has 5 nitrogen and oxygen atoms in total. The Hall–Kier alpha value is -7.49. The molecule has 0 amide bonds. The Morgan fingerprint density at radius 3 is 1.46 bits per heavy atom. The van der Waals surface area contributed by atoms with Crippen molar-refractivity contribution in [3.8, 4) is 17.2 Å². The van der Waals surface area contributed by atoms with E-state index in [1.807, 2.05) is 12.1 Å². The van der Waals surface area contributed by atoms with Gasteiger partial charge in [0.1, 0.15) is 0 Å². The van der Waals surface area contributed by atoms with Crippen molar-refractivity contribution in [2.75, 3.05) is 19.6 Å². The topological polar surface area (TPSA) is 36.8 Å². The maximum Gasteiger partial charge on any atom is 0.252 e. The lowest BCUT2D eigenvalue weighted by Gasteiger charge is -2.51. The zero-order valence-corrected chi connectivity index (χ0v) is 55.0. The van der Waals surface area contributed by atoms with E-state index >= 15 is 0 Å². The van der Waals surface area contributed by atoms with Crippen LogP contribution in [0, 0.1) is 11.3 Å². The van der Waals surface area contributed by atoms with Gasteiger partial charge in [0.25, 0.3) is 6.71 Å². The standard InChI is InChI=1S/C81H90BN5/c1-74(2,3)55-29-33-59(34-30-55)84-69-39-35-61(86-67-37-28-54(53-26-24-52(51-83)25-27-53)44-63(67)78(13)40-17-19-42-80(78,86)15)48-66(69)82-65-36-31-58(77(10,11)12)47-70(65)85(60-23-21-22-56(45-60)75(4,5)6)72-50-62(49-71(84)73(72)82)87-68-38-32-57(76(7,8)9)46-64(68)79(14)41-18-20-43-81(79,87)16/h21-39,44-50H,17-20,40-43H2,1-16H3. The number of hydrogen-bond acceptors (Lipinski definition) is 5. The minimum Gasteiger partial charge on any atom is -0.334 e. The molecule has 4 aliphatic heterocycles. The molecule has 4 unspecified atom stereocenters. The van der Waals surface area contributed by atoms with Gasteiger partial charge in [-0.15, -0.1) is 0 Å². The lowest BCUT2D eigenvalue weighted by Crippen LogP contribution is -2.62. The highest BCUT2D eigenvalue weighted by molar-refractivity contribution is 7.00. The van der Waals surface area contributed by atoms with Gasteiger partial charge in [-0.1, -0.05) is 189 Å². The maximum atomic E-state index is 9.71. The summed E-state index contributed by atoms with van der Waals surface area (Å²) in [6, 6.07) is 64.7. The van der Waals surface area contributed by atoms with Crippen LogP contribution in [0.3, 0.4) is 0 Å². The van der Waals surface area contributed by atoms with Gasteiger partial charge >= 0.3 is 0 Å². The Labute approximate surface area is 521 Å². The Morgan fingerprint density at radius 2 is 0.862 bits per heavy atom. The monoisotopic (exact) mass is 1140 g/mol. The molecule has 442 valence electrons. The first-order valence-corrected chi connectivity index (χ1v) is 32.8. The second-order valence-electron chi connectivity index (χ2n) is 32.1.